The van der Waals surface area contributed by atoms with Crippen LogP contribution in [0.2, 0.25) is 0 Å². The van der Waals surface area contributed by atoms with Crippen LogP contribution in [0.4, 0.5) is 5.82 Å². The summed E-state index contributed by atoms with van der Waals surface area (Å²) in [6.45, 7) is 5.27. The van der Waals surface area contributed by atoms with Crippen LogP contribution in [0.3, 0.4) is 0 Å². The fourth-order valence-corrected chi connectivity index (χ4v) is 3.68. The number of hydrogen-bond donors (Lipinski definition) is 3. The Hall–Kier alpha value is -2.23. The summed E-state index contributed by atoms with van der Waals surface area (Å²) in [5.74, 6) is 0.196. The van der Waals surface area contributed by atoms with Crippen molar-refractivity contribution in [3.05, 3.63) is 19.0 Å². The summed E-state index contributed by atoms with van der Waals surface area (Å²) in [5.41, 5.74) is 5.22. The molecule has 1 aliphatic carbocycles. The molecule has 26 heavy (non-hydrogen) atoms. The van der Waals surface area contributed by atoms with Crippen LogP contribution in [-0.4, -0.2) is 53.6 Å². The Morgan fingerprint density at radius 2 is 2.15 bits per heavy atom. The first-order valence-electron chi connectivity index (χ1n) is 8.80. The van der Waals surface area contributed by atoms with E-state index in [1.54, 1.807) is 6.92 Å². The number of aromatic nitrogens is 4. The first-order chi connectivity index (χ1) is 12.4. The molecule has 2 aliphatic rings. The van der Waals surface area contributed by atoms with E-state index in [0.29, 0.717) is 11.2 Å². The van der Waals surface area contributed by atoms with Crippen molar-refractivity contribution in [3.63, 3.8) is 0 Å². The van der Waals surface area contributed by atoms with Gasteiger partial charge in [0.2, 0.25) is 0 Å². The molecule has 2 fully saturated rings. The van der Waals surface area contributed by atoms with E-state index in [1.165, 1.54) is 17.0 Å². The Morgan fingerprint density at radius 1 is 1.42 bits per heavy atom. The molecule has 4 rings (SSSR count). The molecule has 1 saturated heterocycles. The second-order valence-electron chi connectivity index (χ2n) is 6.94. The number of nitrogens with two attached hydrogens (primary N) is 1. The molecule has 0 bridgehead atoms. The maximum absolute atomic E-state index is 10.6. The van der Waals surface area contributed by atoms with Crippen LogP contribution in [0, 0.1) is 0 Å². The molecule has 4 atom stereocenters. The third-order valence-corrected chi connectivity index (χ3v) is 5.34. The molecular weight excluding hydrogens is 338 g/mol. The van der Waals surface area contributed by atoms with Gasteiger partial charge in [-0.1, -0.05) is 6.08 Å². The third-order valence-electron chi connectivity index (χ3n) is 5.34. The van der Waals surface area contributed by atoms with Crippen molar-refractivity contribution in [3.8, 4) is 6.01 Å². The lowest BCUT2D eigenvalue weighted by Gasteiger charge is -2.25. The van der Waals surface area contributed by atoms with Crippen molar-refractivity contribution >= 4 is 17.0 Å². The molecule has 0 unspecified atom stereocenters. The smallest absolute Gasteiger partial charge is 0.320 e. The standard InChI is InChI=1S/C17H23N5O4/c1-3-17(24)9(2)25-15(12(17)23)22-8-19-11-13(18)20-16(21-14(11)22)26-10-6-4-5-7-10/h3,8-10,12,15,23-24H,1,4-7H2,2H3,(H2,18,20,21)/t9-,12+,15-,17+/m1/s1. The minimum absolute atomic E-state index is 0.0856. The summed E-state index contributed by atoms with van der Waals surface area (Å²) in [4.78, 5) is 12.8. The van der Waals surface area contributed by atoms with E-state index in [-0.39, 0.29) is 17.9 Å². The molecule has 140 valence electrons. The highest BCUT2D eigenvalue weighted by atomic mass is 16.6. The lowest BCUT2D eigenvalue weighted by molar-refractivity contribution is -0.0360. The Labute approximate surface area is 150 Å². The molecule has 3 heterocycles. The van der Waals surface area contributed by atoms with Gasteiger partial charge in [0, 0.05) is 0 Å². The Kier molecular flexibility index (Phi) is 4.09. The van der Waals surface area contributed by atoms with Gasteiger partial charge >= 0.3 is 6.01 Å². The van der Waals surface area contributed by atoms with Crippen molar-refractivity contribution in [1.82, 2.24) is 19.5 Å². The highest BCUT2D eigenvalue weighted by Crippen LogP contribution is 2.39. The maximum Gasteiger partial charge on any atom is 0.320 e. The molecule has 0 radical (unpaired) electrons. The van der Waals surface area contributed by atoms with E-state index in [9.17, 15) is 10.2 Å². The number of ether oxygens (including phenoxy) is 2. The summed E-state index contributed by atoms with van der Waals surface area (Å²) < 4.78 is 13.1. The fraction of sp³-hybridized carbons (Fsp3) is 0.588. The van der Waals surface area contributed by atoms with Gasteiger partial charge in [0.1, 0.15) is 17.8 Å². The molecule has 9 heteroatoms. The van der Waals surface area contributed by atoms with Crippen LogP contribution < -0.4 is 10.5 Å². The molecule has 1 saturated carbocycles. The highest BCUT2D eigenvalue weighted by Gasteiger charge is 2.52. The van der Waals surface area contributed by atoms with E-state index < -0.39 is 24.0 Å². The Balaban J connectivity index is 1.72. The lowest BCUT2D eigenvalue weighted by atomic mass is 9.93. The van der Waals surface area contributed by atoms with Gasteiger partial charge in [0.15, 0.2) is 23.2 Å². The monoisotopic (exact) mass is 361 g/mol. The third kappa shape index (κ3) is 2.54. The zero-order valence-corrected chi connectivity index (χ0v) is 14.6. The van der Waals surface area contributed by atoms with E-state index in [0.717, 1.165) is 25.7 Å². The van der Waals surface area contributed by atoms with Crippen LogP contribution in [-0.2, 0) is 4.74 Å². The minimum Gasteiger partial charge on any atom is -0.460 e. The number of aliphatic hydroxyl groups excluding tert-OH is 1. The topological polar surface area (TPSA) is 129 Å². The van der Waals surface area contributed by atoms with Crippen LogP contribution >= 0.6 is 0 Å². The minimum atomic E-state index is -1.57. The second-order valence-corrected chi connectivity index (χ2v) is 6.94. The largest absolute Gasteiger partial charge is 0.460 e. The van der Waals surface area contributed by atoms with E-state index >= 15 is 0 Å². The Morgan fingerprint density at radius 3 is 2.81 bits per heavy atom. The van der Waals surface area contributed by atoms with Crippen molar-refractivity contribution in [2.24, 2.45) is 0 Å². The number of aliphatic hydroxyl groups is 2. The van der Waals surface area contributed by atoms with Crippen molar-refractivity contribution in [2.75, 3.05) is 5.73 Å². The SMILES string of the molecule is C=C[C@]1(O)[C@@H](C)O[C@@H](n2cnc3c(N)nc(OC4CCCC4)nc32)[C@@H]1O. The molecule has 0 amide bonds. The number of rotatable bonds is 4. The summed E-state index contributed by atoms with van der Waals surface area (Å²) in [5, 5.41) is 21.1. The summed E-state index contributed by atoms with van der Waals surface area (Å²) in [6.07, 6.45) is 4.26. The molecule has 9 nitrogen and oxygen atoms in total. The normalized spacial score (nSPS) is 32.3. The van der Waals surface area contributed by atoms with E-state index in [4.69, 9.17) is 15.2 Å². The number of hydrogen-bond acceptors (Lipinski definition) is 8. The number of anilines is 1. The van der Waals surface area contributed by atoms with Crippen LogP contribution in [0.5, 0.6) is 6.01 Å². The molecule has 2 aromatic rings. The number of imidazole rings is 1. The zero-order valence-electron chi connectivity index (χ0n) is 14.6. The maximum atomic E-state index is 10.6. The molecule has 4 N–H and O–H groups in total. The van der Waals surface area contributed by atoms with Crippen molar-refractivity contribution in [1.29, 1.82) is 0 Å². The predicted octanol–water partition coefficient (Wildman–Crippen LogP) is 0.925. The summed E-state index contributed by atoms with van der Waals surface area (Å²) in [7, 11) is 0. The first kappa shape index (κ1) is 17.2. The van der Waals surface area contributed by atoms with Crippen molar-refractivity contribution in [2.45, 2.75) is 62.7 Å². The quantitative estimate of drug-likeness (QED) is 0.686. The van der Waals surface area contributed by atoms with E-state index in [1.807, 2.05) is 0 Å². The molecular formula is C17H23N5O4. The lowest BCUT2D eigenvalue weighted by Crippen LogP contribution is -2.44. The average molecular weight is 361 g/mol. The Bertz CT molecular complexity index is 834. The van der Waals surface area contributed by atoms with Gasteiger partial charge in [-0.25, -0.2) is 4.98 Å². The van der Waals surface area contributed by atoms with Gasteiger partial charge in [-0.3, -0.25) is 4.57 Å². The molecule has 0 aromatic carbocycles. The molecule has 1 aliphatic heterocycles. The van der Waals surface area contributed by atoms with Gasteiger partial charge in [-0.05, 0) is 32.6 Å². The van der Waals surface area contributed by atoms with Gasteiger partial charge in [-0.15, -0.1) is 6.58 Å². The average Bonchev–Trinajstić information content (AvgIpc) is 3.32. The van der Waals surface area contributed by atoms with Crippen molar-refractivity contribution < 1.29 is 19.7 Å². The summed E-state index contributed by atoms with van der Waals surface area (Å²) in [6, 6.07) is 0.183. The predicted molar refractivity (Wildman–Crippen MR) is 93.4 cm³/mol. The van der Waals surface area contributed by atoms with Gasteiger partial charge < -0.3 is 25.4 Å². The second kappa shape index (κ2) is 6.19. The number of nitrogens with zero attached hydrogens (tertiary/aromatic N) is 4. The van der Waals surface area contributed by atoms with Crippen LogP contribution in [0.1, 0.15) is 38.8 Å². The first-order valence-corrected chi connectivity index (χ1v) is 8.80. The number of nitrogen functional groups attached to an aromatic ring is 1. The van der Waals surface area contributed by atoms with Gasteiger partial charge in [0.05, 0.1) is 12.4 Å². The summed E-state index contributed by atoms with van der Waals surface area (Å²) >= 11 is 0. The van der Waals surface area contributed by atoms with Gasteiger partial charge in [0.25, 0.3) is 0 Å². The molecule has 0 spiro atoms. The van der Waals surface area contributed by atoms with Crippen LogP contribution in [0.15, 0.2) is 19.0 Å². The fourth-order valence-electron chi connectivity index (χ4n) is 3.68. The highest BCUT2D eigenvalue weighted by molar-refractivity contribution is 5.82. The van der Waals surface area contributed by atoms with Crippen LogP contribution in [0.25, 0.3) is 11.2 Å². The number of fused-ring (bicyclic) bond motifs is 1. The molecule has 2 aromatic heterocycles. The zero-order chi connectivity index (χ0) is 18.5. The van der Waals surface area contributed by atoms with E-state index in [2.05, 4.69) is 21.5 Å². The van der Waals surface area contributed by atoms with Gasteiger partial charge in [-0.2, -0.15) is 9.97 Å².